The summed E-state index contributed by atoms with van der Waals surface area (Å²) >= 11 is 0. The Labute approximate surface area is 143 Å². The molecule has 7 heteroatoms. The summed E-state index contributed by atoms with van der Waals surface area (Å²) in [7, 11) is 0. The van der Waals surface area contributed by atoms with E-state index in [9.17, 15) is 9.59 Å². The number of nitrogens with one attached hydrogen (secondary N) is 1. The van der Waals surface area contributed by atoms with Gasteiger partial charge in [0.15, 0.2) is 5.78 Å². The summed E-state index contributed by atoms with van der Waals surface area (Å²) in [4.78, 5) is 28.0. The second kappa shape index (κ2) is 7.19. The zero-order valence-corrected chi connectivity index (χ0v) is 13.1. The Kier molecular flexibility index (Phi) is 4.62. The Hall–Kier alpha value is -3.79. The van der Waals surface area contributed by atoms with Gasteiger partial charge in [-0.1, -0.05) is 18.2 Å². The van der Waals surface area contributed by atoms with E-state index in [1.54, 1.807) is 54.6 Å². The van der Waals surface area contributed by atoms with Crippen molar-refractivity contribution in [3.05, 3.63) is 77.9 Å². The number of carbonyl (C=O) groups excluding carboxylic acids is 2. The fraction of sp³-hybridized carbons (Fsp3) is 0.0556. The molecule has 3 rings (SSSR count). The van der Waals surface area contributed by atoms with E-state index in [1.165, 1.54) is 11.0 Å². The summed E-state index contributed by atoms with van der Waals surface area (Å²) in [5.41, 5.74) is 1.63. The molecule has 0 bridgehead atoms. The van der Waals surface area contributed by atoms with Crippen molar-refractivity contribution in [2.75, 3.05) is 5.32 Å². The molecule has 25 heavy (non-hydrogen) atoms. The first-order valence-electron chi connectivity index (χ1n) is 7.45. The number of aromatic nitrogens is 3. The smallest absolute Gasteiger partial charge is 0.255 e. The van der Waals surface area contributed by atoms with Crippen molar-refractivity contribution < 1.29 is 9.59 Å². The molecule has 7 nitrogen and oxygen atoms in total. The summed E-state index contributed by atoms with van der Waals surface area (Å²) in [6.45, 7) is -0.00952. The highest BCUT2D eigenvalue weighted by atomic mass is 16.1. The number of benzene rings is 2. The lowest BCUT2D eigenvalue weighted by Gasteiger charge is -2.06. The summed E-state index contributed by atoms with van der Waals surface area (Å²) in [6, 6.07) is 17.3. The maximum absolute atomic E-state index is 12.2. The maximum Gasteiger partial charge on any atom is 0.255 e. The zero-order chi connectivity index (χ0) is 17.6. The van der Waals surface area contributed by atoms with Gasteiger partial charge in [-0.15, -0.1) is 5.10 Å². The molecule has 0 aliphatic heterocycles. The van der Waals surface area contributed by atoms with Crippen LogP contribution in [0, 0.1) is 11.3 Å². The average Bonchev–Trinajstić information content (AvgIpc) is 3.10. The molecular weight excluding hydrogens is 318 g/mol. The predicted molar refractivity (Wildman–Crippen MR) is 89.9 cm³/mol. The van der Waals surface area contributed by atoms with Crippen LogP contribution in [0.4, 0.5) is 5.69 Å². The number of anilines is 1. The molecule has 3 aromatic rings. The van der Waals surface area contributed by atoms with Crippen molar-refractivity contribution in [1.29, 1.82) is 5.26 Å². The minimum Gasteiger partial charge on any atom is -0.322 e. The van der Waals surface area contributed by atoms with Crippen molar-refractivity contribution >= 4 is 17.4 Å². The first-order chi connectivity index (χ1) is 12.2. The molecule has 2 aromatic carbocycles. The number of amides is 1. The SMILES string of the molecule is N#Cc1ncn(CC(=O)c2ccc(NC(=O)c3ccccc3)cc2)n1. The Morgan fingerprint density at radius 2 is 1.76 bits per heavy atom. The van der Waals surface area contributed by atoms with Crippen LogP contribution in [0.3, 0.4) is 0 Å². The van der Waals surface area contributed by atoms with Crippen molar-refractivity contribution in [2.24, 2.45) is 0 Å². The second-order valence-electron chi connectivity index (χ2n) is 5.20. The highest BCUT2D eigenvalue weighted by Crippen LogP contribution is 2.12. The highest BCUT2D eigenvalue weighted by Gasteiger charge is 2.10. The molecule has 1 amide bonds. The van der Waals surface area contributed by atoms with E-state index in [-0.39, 0.29) is 24.1 Å². The van der Waals surface area contributed by atoms with Crippen LogP contribution in [0.1, 0.15) is 26.5 Å². The topological polar surface area (TPSA) is 101 Å². The number of Topliss-reactive ketones (excluding diaryl/α,β-unsaturated/α-hetero) is 1. The minimum absolute atomic E-state index is 0.00952. The van der Waals surface area contributed by atoms with Gasteiger partial charge in [0.25, 0.3) is 11.7 Å². The lowest BCUT2D eigenvalue weighted by molar-refractivity contribution is 0.0966. The molecule has 0 spiro atoms. The van der Waals surface area contributed by atoms with Gasteiger partial charge in [0.1, 0.15) is 18.9 Å². The van der Waals surface area contributed by atoms with Gasteiger partial charge < -0.3 is 5.32 Å². The van der Waals surface area contributed by atoms with E-state index in [0.717, 1.165) is 0 Å². The van der Waals surface area contributed by atoms with Crippen LogP contribution in [0.15, 0.2) is 60.9 Å². The summed E-state index contributed by atoms with van der Waals surface area (Å²) in [5, 5.41) is 15.3. The third-order valence-corrected chi connectivity index (χ3v) is 3.44. The molecule has 0 aliphatic rings. The van der Waals surface area contributed by atoms with Crippen molar-refractivity contribution in [1.82, 2.24) is 14.8 Å². The van der Waals surface area contributed by atoms with E-state index in [0.29, 0.717) is 16.8 Å². The normalized spacial score (nSPS) is 10.0. The molecule has 0 saturated heterocycles. The molecular formula is C18H13N5O2. The summed E-state index contributed by atoms with van der Waals surface area (Å²) in [5.74, 6) is -0.367. The number of nitrogens with zero attached hydrogens (tertiary/aromatic N) is 4. The molecule has 0 fully saturated rings. The van der Waals surface area contributed by atoms with Crippen molar-refractivity contribution in [3.63, 3.8) is 0 Å². The maximum atomic E-state index is 12.2. The number of carbonyl (C=O) groups is 2. The van der Waals surface area contributed by atoms with E-state index >= 15 is 0 Å². The van der Waals surface area contributed by atoms with Crippen LogP contribution in [-0.2, 0) is 6.54 Å². The minimum atomic E-state index is -0.216. The van der Waals surface area contributed by atoms with Gasteiger partial charge in [-0.05, 0) is 36.4 Å². The van der Waals surface area contributed by atoms with Crippen molar-refractivity contribution in [2.45, 2.75) is 6.54 Å². The van der Waals surface area contributed by atoms with Crippen LogP contribution in [0.25, 0.3) is 0 Å². The number of hydrogen-bond donors (Lipinski definition) is 1. The lowest BCUT2D eigenvalue weighted by Crippen LogP contribution is -2.13. The van der Waals surface area contributed by atoms with Crippen molar-refractivity contribution in [3.8, 4) is 6.07 Å². The van der Waals surface area contributed by atoms with Crippen LogP contribution >= 0.6 is 0 Å². The van der Waals surface area contributed by atoms with Crippen LogP contribution in [0.5, 0.6) is 0 Å². The Morgan fingerprint density at radius 3 is 2.40 bits per heavy atom. The molecule has 0 radical (unpaired) electrons. The summed E-state index contributed by atoms with van der Waals surface area (Å²) in [6.07, 6.45) is 1.34. The fourth-order valence-corrected chi connectivity index (χ4v) is 2.19. The number of nitriles is 1. The van der Waals surface area contributed by atoms with Gasteiger partial charge in [-0.25, -0.2) is 9.67 Å². The molecule has 0 aliphatic carbocycles. The van der Waals surface area contributed by atoms with Gasteiger partial charge in [0.2, 0.25) is 0 Å². The molecule has 0 unspecified atom stereocenters. The zero-order valence-electron chi connectivity index (χ0n) is 13.1. The van der Waals surface area contributed by atoms with Gasteiger partial charge in [-0.2, -0.15) is 5.26 Å². The van der Waals surface area contributed by atoms with Gasteiger partial charge >= 0.3 is 0 Å². The first kappa shape index (κ1) is 16.1. The quantitative estimate of drug-likeness (QED) is 0.723. The standard InChI is InChI=1S/C18H13N5O2/c19-10-17-20-12-23(22-17)11-16(24)13-6-8-15(9-7-13)21-18(25)14-4-2-1-3-5-14/h1-9,12H,11H2,(H,21,25). The first-order valence-corrected chi connectivity index (χ1v) is 7.45. The largest absolute Gasteiger partial charge is 0.322 e. The fourth-order valence-electron chi connectivity index (χ4n) is 2.19. The predicted octanol–water partition coefficient (Wildman–Crippen LogP) is 2.28. The van der Waals surface area contributed by atoms with Crippen LogP contribution < -0.4 is 5.32 Å². The Bertz CT molecular complexity index is 940. The van der Waals surface area contributed by atoms with Crippen LogP contribution in [0.2, 0.25) is 0 Å². The molecule has 122 valence electrons. The van der Waals surface area contributed by atoms with E-state index in [1.807, 2.05) is 6.07 Å². The number of ketones is 1. The van der Waals surface area contributed by atoms with E-state index in [4.69, 9.17) is 5.26 Å². The van der Waals surface area contributed by atoms with E-state index < -0.39 is 0 Å². The Morgan fingerprint density at radius 1 is 1.04 bits per heavy atom. The lowest BCUT2D eigenvalue weighted by atomic mass is 10.1. The van der Waals surface area contributed by atoms with Gasteiger partial charge in [0, 0.05) is 16.8 Å². The summed E-state index contributed by atoms with van der Waals surface area (Å²) < 4.78 is 1.31. The molecule has 1 heterocycles. The Balaban J connectivity index is 1.64. The second-order valence-corrected chi connectivity index (χ2v) is 5.20. The molecule has 1 N–H and O–H groups in total. The number of hydrogen-bond acceptors (Lipinski definition) is 5. The number of rotatable bonds is 5. The highest BCUT2D eigenvalue weighted by molar-refractivity contribution is 6.04. The van der Waals surface area contributed by atoms with E-state index in [2.05, 4.69) is 15.4 Å². The average molecular weight is 331 g/mol. The van der Waals surface area contributed by atoms with Crippen LogP contribution in [-0.4, -0.2) is 26.5 Å². The molecule has 0 saturated carbocycles. The van der Waals surface area contributed by atoms with Gasteiger partial charge in [0.05, 0.1) is 0 Å². The third kappa shape index (κ3) is 3.95. The molecule has 0 atom stereocenters. The third-order valence-electron chi connectivity index (χ3n) is 3.44. The molecule has 1 aromatic heterocycles. The monoisotopic (exact) mass is 331 g/mol. The van der Waals surface area contributed by atoms with Gasteiger partial charge in [-0.3, -0.25) is 9.59 Å².